The van der Waals surface area contributed by atoms with E-state index in [9.17, 15) is 4.39 Å². The fourth-order valence-electron chi connectivity index (χ4n) is 2.18. The van der Waals surface area contributed by atoms with Crippen LogP contribution in [-0.2, 0) is 6.61 Å². The molecule has 2 aromatic rings. The summed E-state index contributed by atoms with van der Waals surface area (Å²) in [6.07, 6.45) is 0. The highest BCUT2D eigenvalue weighted by molar-refractivity contribution is 5.46. The van der Waals surface area contributed by atoms with E-state index in [0.717, 1.165) is 5.56 Å². The van der Waals surface area contributed by atoms with Crippen molar-refractivity contribution in [3.05, 3.63) is 64.5 Å². The molecule has 108 valence electrons. The van der Waals surface area contributed by atoms with E-state index in [2.05, 4.69) is 30.0 Å². The molecule has 0 spiro atoms. The molecule has 0 bridgehead atoms. The lowest BCUT2D eigenvalue weighted by atomic mass is 10.1. The van der Waals surface area contributed by atoms with Crippen LogP contribution in [0.4, 0.5) is 4.39 Å². The Bertz CT molecular complexity index is 678. The smallest absolute Gasteiger partial charge is 0.138 e. The molecular weight excluding hydrogens is 265 g/mol. The van der Waals surface area contributed by atoms with Gasteiger partial charge in [-0.25, -0.2) is 4.39 Å². The molecule has 2 nitrogen and oxygen atoms in total. The van der Waals surface area contributed by atoms with Gasteiger partial charge in [0.15, 0.2) is 0 Å². The molecule has 0 unspecified atom stereocenters. The third kappa shape index (κ3) is 4.34. The SMILES string of the molecule is Cc1cc(C)cc(COc2cc(F)ccc2C#CCN)c1. The molecule has 0 aliphatic rings. The molecule has 0 aliphatic heterocycles. The second-order valence-electron chi connectivity index (χ2n) is 4.93. The van der Waals surface area contributed by atoms with Gasteiger partial charge in [0.05, 0.1) is 12.1 Å². The Morgan fingerprint density at radius 1 is 1.10 bits per heavy atom. The second kappa shape index (κ2) is 6.92. The van der Waals surface area contributed by atoms with Crippen LogP contribution in [0.3, 0.4) is 0 Å². The Hall–Kier alpha value is -2.31. The van der Waals surface area contributed by atoms with Crippen molar-refractivity contribution in [3.8, 4) is 17.6 Å². The van der Waals surface area contributed by atoms with Crippen LogP contribution in [-0.4, -0.2) is 6.54 Å². The van der Waals surface area contributed by atoms with Crippen LogP contribution >= 0.6 is 0 Å². The quantitative estimate of drug-likeness (QED) is 0.877. The van der Waals surface area contributed by atoms with Gasteiger partial charge in [0.2, 0.25) is 0 Å². The topological polar surface area (TPSA) is 35.2 Å². The molecule has 0 fully saturated rings. The molecule has 2 N–H and O–H groups in total. The largest absolute Gasteiger partial charge is 0.487 e. The molecule has 0 atom stereocenters. The van der Waals surface area contributed by atoms with Crippen molar-refractivity contribution < 1.29 is 9.13 Å². The summed E-state index contributed by atoms with van der Waals surface area (Å²) < 4.78 is 19.1. The summed E-state index contributed by atoms with van der Waals surface area (Å²) in [5.41, 5.74) is 9.41. The van der Waals surface area contributed by atoms with Crippen molar-refractivity contribution in [2.24, 2.45) is 5.73 Å². The standard InChI is InChI=1S/C18H18FNO/c1-13-8-14(2)10-15(9-13)12-21-18-11-17(19)6-5-16(18)4-3-7-20/h5-6,8-11H,7,12,20H2,1-2H3. The summed E-state index contributed by atoms with van der Waals surface area (Å²) in [6, 6.07) is 10.5. The van der Waals surface area contributed by atoms with Crippen molar-refractivity contribution in [1.29, 1.82) is 0 Å². The summed E-state index contributed by atoms with van der Waals surface area (Å²) in [7, 11) is 0. The predicted octanol–water partition coefficient (Wildman–Crippen LogP) is 3.33. The van der Waals surface area contributed by atoms with Gasteiger partial charge in [-0.3, -0.25) is 0 Å². The van der Waals surface area contributed by atoms with Crippen LogP contribution in [0.15, 0.2) is 36.4 Å². The number of halogens is 1. The Morgan fingerprint density at radius 3 is 2.48 bits per heavy atom. The Kier molecular flexibility index (Phi) is 4.97. The maximum absolute atomic E-state index is 13.4. The molecule has 0 saturated carbocycles. The number of benzene rings is 2. The van der Waals surface area contributed by atoms with E-state index in [1.165, 1.54) is 23.3 Å². The van der Waals surface area contributed by atoms with Crippen molar-refractivity contribution in [3.63, 3.8) is 0 Å². The molecule has 0 saturated heterocycles. The first-order chi connectivity index (χ1) is 10.1. The van der Waals surface area contributed by atoms with Crippen LogP contribution in [0.2, 0.25) is 0 Å². The van der Waals surface area contributed by atoms with E-state index >= 15 is 0 Å². The van der Waals surface area contributed by atoms with Crippen LogP contribution in [0.1, 0.15) is 22.3 Å². The number of hydrogen-bond donors (Lipinski definition) is 1. The third-order valence-corrected chi connectivity index (χ3v) is 2.94. The lowest BCUT2D eigenvalue weighted by Crippen LogP contribution is -1.99. The van der Waals surface area contributed by atoms with Gasteiger partial charge in [0.1, 0.15) is 18.2 Å². The monoisotopic (exact) mass is 283 g/mol. The first kappa shape index (κ1) is 15.1. The van der Waals surface area contributed by atoms with E-state index in [4.69, 9.17) is 10.5 Å². The summed E-state index contributed by atoms with van der Waals surface area (Å²) >= 11 is 0. The zero-order chi connectivity index (χ0) is 15.2. The first-order valence-corrected chi connectivity index (χ1v) is 6.77. The third-order valence-electron chi connectivity index (χ3n) is 2.94. The maximum atomic E-state index is 13.4. The number of hydrogen-bond acceptors (Lipinski definition) is 2. The van der Waals surface area contributed by atoms with E-state index in [1.54, 1.807) is 6.07 Å². The Balaban J connectivity index is 2.20. The van der Waals surface area contributed by atoms with E-state index in [-0.39, 0.29) is 12.4 Å². The van der Waals surface area contributed by atoms with E-state index in [0.29, 0.717) is 17.9 Å². The number of nitrogens with two attached hydrogens (primary N) is 1. The van der Waals surface area contributed by atoms with Gasteiger partial charge in [-0.15, -0.1) is 0 Å². The highest BCUT2D eigenvalue weighted by Gasteiger charge is 2.05. The van der Waals surface area contributed by atoms with Gasteiger partial charge in [-0.2, -0.15) is 0 Å². The van der Waals surface area contributed by atoms with Gasteiger partial charge in [-0.05, 0) is 31.5 Å². The van der Waals surface area contributed by atoms with E-state index in [1.807, 2.05) is 13.8 Å². The predicted molar refractivity (Wildman–Crippen MR) is 82.6 cm³/mol. The molecule has 0 radical (unpaired) electrons. The second-order valence-corrected chi connectivity index (χ2v) is 4.93. The molecule has 0 aromatic heterocycles. The molecule has 0 amide bonds. The molecule has 0 heterocycles. The van der Waals surface area contributed by atoms with Gasteiger partial charge >= 0.3 is 0 Å². The molecular formula is C18H18FNO. The molecule has 3 heteroatoms. The molecule has 2 aromatic carbocycles. The number of ether oxygens (including phenoxy) is 1. The minimum absolute atomic E-state index is 0.258. The van der Waals surface area contributed by atoms with Crippen LogP contribution in [0.5, 0.6) is 5.75 Å². The summed E-state index contributed by atoms with van der Waals surface area (Å²) in [5.74, 6) is 5.74. The summed E-state index contributed by atoms with van der Waals surface area (Å²) in [5, 5.41) is 0. The fourth-order valence-corrected chi connectivity index (χ4v) is 2.18. The fraction of sp³-hybridized carbons (Fsp3) is 0.222. The lowest BCUT2D eigenvalue weighted by Gasteiger charge is -2.10. The molecule has 0 aliphatic carbocycles. The Morgan fingerprint density at radius 2 is 1.81 bits per heavy atom. The first-order valence-electron chi connectivity index (χ1n) is 6.77. The van der Waals surface area contributed by atoms with Crippen molar-refractivity contribution in [2.45, 2.75) is 20.5 Å². The lowest BCUT2D eigenvalue weighted by molar-refractivity contribution is 0.303. The van der Waals surface area contributed by atoms with Gasteiger partial charge in [-0.1, -0.05) is 41.2 Å². The summed E-state index contributed by atoms with van der Waals surface area (Å²) in [6.45, 7) is 4.71. The van der Waals surface area contributed by atoms with Crippen molar-refractivity contribution in [2.75, 3.05) is 6.54 Å². The molecule has 2 rings (SSSR count). The van der Waals surface area contributed by atoms with Crippen LogP contribution in [0, 0.1) is 31.5 Å². The highest BCUT2D eigenvalue weighted by Crippen LogP contribution is 2.21. The van der Waals surface area contributed by atoms with E-state index < -0.39 is 0 Å². The highest BCUT2D eigenvalue weighted by atomic mass is 19.1. The van der Waals surface area contributed by atoms with Crippen molar-refractivity contribution in [1.82, 2.24) is 0 Å². The zero-order valence-corrected chi connectivity index (χ0v) is 12.2. The van der Waals surface area contributed by atoms with Crippen molar-refractivity contribution >= 4 is 0 Å². The minimum Gasteiger partial charge on any atom is -0.487 e. The Labute approximate surface area is 124 Å². The average molecular weight is 283 g/mol. The number of aryl methyl sites for hydroxylation is 2. The number of rotatable bonds is 3. The molecule has 21 heavy (non-hydrogen) atoms. The minimum atomic E-state index is -0.344. The average Bonchev–Trinajstić information content (AvgIpc) is 2.43. The normalized spacial score (nSPS) is 9.90. The van der Waals surface area contributed by atoms with Crippen LogP contribution in [0.25, 0.3) is 0 Å². The van der Waals surface area contributed by atoms with Gasteiger partial charge in [0.25, 0.3) is 0 Å². The maximum Gasteiger partial charge on any atom is 0.138 e. The van der Waals surface area contributed by atoms with Gasteiger partial charge in [0, 0.05) is 6.07 Å². The zero-order valence-electron chi connectivity index (χ0n) is 12.2. The van der Waals surface area contributed by atoms with Gasteiger partial charge < -0.3 is 10.5 Å². The van der Waals surface area contributed by atoms with Crippen LogP contribution < -0.4 is 10.5 Å². The summed E-state index contributed by atoms with van der Waals surface area (Å²) in [4.78, 5) is 0.